The second-order valence-corrected chi connectivity index (χ2v) is 4.85. The van der Waals surface area contributed by atoms with Crippen molar-refractivity contribution in [2.75, 3.05) is 0 Å². The fourth-order valence-corrected chi connectivity index (χ4v) is 2.03. The Bertz CT molecular complexity index is 601. The summed E-state index contributed by atoms with van der Waals surface area (Å²) in [6.45, 7) is 0. The van der Waals surface area contributed by atoms with Crippen LogP contribution in [0.2, 0.25) is 5.02 Å². The van der Waals surface area contributed by atoms with Gasteiger partial charge in [-0.05, 0) is 29.3 Å². The van der Waals surface area contributed by atoms with Crippen molar-refractivity contribution in [3.63, 3.8) is 0 Å². The zero-order valence-electron chi connectivity index (χ0n) is 10.4. The molecule has 106 valence electrons. The predicted octanol–water partition coefficient (Wildman–Crippen LogP) is 4.69. The van der Waals surface area contributed by atoms with Gasteiger partial charge in [0.2, 0.25) is 0 Å². The summed E-state index contributed by atoms with van der Waals surface area (Å²) in [5.74, 6) is -0.572. The summed E-state index contributed by atoms with van der Waals surface area (Å²) >= 11 is 5.57. The highest BCUT2D eigenvalue weighted by molar-refractivity contribution is 6.30. The summed E-state index contributed by atoms with van der Waals surface area (Å²) in [7, 11) is 0. The Labute approximate surface area is 119 Å². The molecule has 1 unspecified atom stereocenters. The average Bonchev–Trinajstić information content (AvgIpc) is 2.43. The SMILES string of the molecule is OC(Cc1ccc(Cl)c(F)c1)c1cccc(C(F)F)c1. The minimum atomic E-state index is -2.59. The molecule has 1 atom stereocenters. The average molecular weight is 301 g/mol. The van der Waals surface area contributed by atoms with Crippen molar-refractivity contribution in [3.8, 4) is 0 Å². The molecular formula is C15H12ClF3O. The van der Waals surface area contributed by atoms with Crippen LogP contribution in [0.5, 0.6) is 0 Å². The summed E-state index contributed by atoms with van der Waals surface area (Å²) in [4.78, 5) is 0. The number of hydrogen-bond acceptors (Lipinski definition) is 1. The Morgan fingerprint density at radius 3 is 2.40 bits per heavy atom. The van der Waals surface area contributed by atoms with Crippen LogP contribution in [-0.2, 0) is 6.42 Å². The van der Waals surface area contributed by atoms with Gasteiger partial charge in [0, 0.05) is 12.0 Å². The maximum absolute atomic E-state index is 13.3. The lowest BCUT2D eigenvalue weighted by atomic mass is 10.00. The number of hydrogen-bond donors (Lipinski definition) is 1. The smallest absolute Gasteiger partial charge is 0.263 e. The van der Waals surface area contributed by atoms with Crippen LogP contribution in [0.3, 0.4) is 0 Å². The maximum atomic E-state index is 13.3. The van der Waals surface area contributed by atoms with Crippen molar-refractivity contribution in [3.05, 3.63) is 70.0 Å². The van der Waals surface area contributed by atoms with E-state index >= 15 is 0 Å². The lowest BCUT2D eigenvalue weighted by Crippen LogP contribution is -2.03. The third-order valence-corrected chi connectivity index (χ3v) is 3.27. The molecule has 5 heteroatoms. The summed E-state index contributed by atoms with van der Waals surface area (Å²) in [6, 6.07) is 9.78. The molecule has 0 bridgehead atoms. The first-order valence-electron chi connectivity index (χ1n) is 5.97. The molecule has 0 heterocycles. The fraction of sp³-hybridized carbons (Fsp3) is 0.200. The molecule has 0 aliphatic carbocycles. The van der Waals surface area contributed by atoms with Crippen molar-refractivity contribution < 1.29 is 18.3 Å². The van der Waals surface area contributed by atoms with Gasteiger partial charge >= 0.3 is 0 Å². The van der Waals surface area contributed by atoms with Crippen molar-refractivity contribution in [1.29, 1.82) is 0 Å². The van der Waals surface area contributed by atoms with E-state index in [1.54, 1.807) is 12.1 Å². The summed E-state index contributed by atoms with van der Waals surface area (Å²) in [5, 5.41) is 10.0. The second kappa shape index (κ2) is 6.29. The van der Waals surface area contributed by atoms with E-state index in [1.807, 2.05) is 0 Å². The molecule has 0 amide bonds. The lowest BCUT2D eigenvalue weighted by molar-refractivity contribution is 0.149. The molecule has 1 N–H and O–H groups in total. The number of rotatable bonds is 4. The molecule has 20 heavy (non-hydrogen) atoms. The van der Waals surface area contributed by atoms with Crippen LogP contribution in [-0.4, -0.2) is 5.11 Å². The van der Waals surface area contributed by atoms with Gasteiger partial charge in [0.05, 0.1) is 11.1 Å². The molecule has 0 aliphatic rings. The monoisotopic (exact) mass is 300 g/mol. The standard InChI is InChI=1S/C15H12ClF3O/c16-12-5-4-9(6-13(12)17)7-14(20)10-2-1-3-11(8-10)15(18)19/h1-6,8,14-15,20H,7H2. The Morgan fingerprint density at radius 1 is 1.05 bits per heavy atom. The topological polar surface area (TPSA) is 20.2 Å². The van der Waals surface area contributed by atoms with Gasteiger partial charge in [-0.2, -0.15) is 0 Å². The van der Waals surface area contributed by atoms with E-state index in [9.17, 15) is 18.3 Å². The highest BCUT2D eigenvalue weighted by Gasteiger charge is 2.13. The molecule has 0 aromatic heterocycles. The first-order chi connectivity index (χ1) is 9.47. The number of aliphatic hydroxyl groups excluding tert-OH is 1. The van der Waals surface area contributed by atoms with Gasteiger partial charge < -0.3 is 5.11 Å². The van der Waals surface area contributed by atoms with Crippen LogP contribution in [0.1, 0.15) is 29.2 Å². The third-order valence-electron chi connectivity index (χ3n) is 2.96. The molecule has 0 aliphatic heterocycles. The largest absolute Gasteiger partial charge is 0.388 e. The Morgan fingerprint density at radius 2 is 1.75 bits per heavy atom. The molecule has 0 fully saturated rings. The molecular weight excluding hydrogens is 289 g/mol. The van der Waals surface area contributed by atoms with Crippen LogP contribution in [0.25, 0.3) is 0 Å². The van der Waals surface area contributed by atoms with Crippen LogP contribution < -0.4 is 0 Å². The Kier molecular flexibility index (Phi) is 4.68. The second-order valence-electron chi connectivity index (χ2n) is 4.44. The maximum Gasteiger partial charge on any atom is 0.263 e. The van der Waals surface area contributed by atoms with Crippen molar-refractivity contribution >= 4 is 11.6 Å². The van der Waals surface area contributed by atoms with Gasteiger partial charge in [0.15, 0.2) is 0 Å². The first-order valence-corrected chi connectivity index (χ1v) is 6.35. The highest BCUT2D eigenvalue weighted by atomic mass is 35.5. The van der Waals surface area contributed by atoms with Gasteiger partial charge in [-0.15, -0.1) is 0 Å². The number of benzene rings is 2. The molecule has 1 nitrogen and oxygen atoms in total. The normalized spacial score (nSPS) is 12.7. The van der Waals surface area contributed by atoms with Crippen LogP contribution in [0.4, 0.5) is 13.2 Å². The zero-order chi connectivity index (χ0) is 14.7. The summed E-state index contributed by atoms with van der Waals surface area (Å²) < 4.78 is 38.5. The van der Waals surface area contributed by atoms with E-state index in [-0.39, 0.29) is 17.0 Å². The molecule has 0 saturated heterocycles. The number of aliphatic hydroxyl groups is 1. The first kappa shape index (κ1) is 14.9. The quantitative estimate of drug-likeness (QED) is 0.868. The Hall–Kier alpha value is -1.52. The fourth-order valence-electron chi connectivity index (χ4n) is 1.91. The predicted molar refractivity (Wildman–Crippen MR) is 71.5 cm³/mol. The van der Waals surface area contributed by atoms with Crippen molar-refractivity contribution in [1.82, 2.24) is 0 Å². The Balaban J connectivity index is 2.17. The van der Waals surface area contributed by atoms with E-state index in [0.29, 0.717) is 11.1 Å². The van der Waals surface area contributed by atoms with Gasteiger partial charge in [-0.3, -0.25) is 0 Å². The molecule has 2 rings (SSSR count). The number of halogens is 4. The van der Waals surface area contributed by atoms with Gasteiger partial charge in [-0.25, -0.2) is 13.2 Å². The van der Waals surface area contributed by atoms with E-state index in [4.69, 9.17) is 11.6 Å². The molecule has 2 aromatic carbocycles. The molecule has 2 aromatic rings. The highest BCUT2D eigenvalue weighted by Crippen LogP contribution is 2.25. The molecule has 0 saturated carbocycles. The van der Waals surface area contributed by atoms with E-state index in [2.05, 4.69) is 0 Å². The zero-order valence-corrected chi connectivity index (χ0v) is 11.1. The lowest BCUT2D eigenvalue weighted by Gasteiger charge is -2.12. The summed E-state index contributed by atoms with van der Waals surface area (Å²) in [6.07, 6.45) is -3.44. The molecule has 0 spiro atoms. The van der Waals surface area contributed by atoms with E-state index in [0.717, 1.165) is 0 Å². The van der Waals surface area contributed by atoms with Crippen LogP contribution in [0.15, 0.2) is 42.5 Å². The van der Waals surface area contributed by atoms with Crippen molar-refractivity contribution in [2.45, 2.75) is 19.0 Å². The van der Waals surface area contributed by atoms with Crippen LogP contribution in [0, 0.1) is 5.82 Å². The minimum Gasteiger partial charge on any atom is -0.388 e. The third kappa shape index (κ3) is 3.52. The van der Waals surface area contributed by atoms with E-state index in [1.165, 1.54) is 30.3 Å². The summed E-state index contributed by atoms with van der Waals surface area (Å²) in [5.41, 5.74) is 0.767. The number of alkyl halides is 2. The molecule has 0 radical (unpaired) electrons. The van der Waals surface area contributed by atoms with E-state index < -0.39 is 18.3 Å². The van der Waals surface area contributed by atoms with Gasteiger partial charge in [0.25, 0.3) is 6.43 Å². The van der Waals surface area contributed by atoms with Gasteiger partial charge in [-0.1, -0.05) is 35.9 Å². The van der Waals surface area contributed by atoms with Gasteiger partial charge in [0.1, 0.15) is 5.82 Å². The minimum absolute atomic E-state index is 0.00272. The van der Waals surface area contributed by atoms with Crippen LogP contribution >= 0.6 is 11.6 Å². The van der Waals surface area contributed by atoms with Crippen molar-refractivity contribution in [2.24, 2.45) is 0 Å².